The Morgan fingerprint density at radius 3 is 2.39 bits per heavy atom. The predicted octanol–water partition coefficient (Wildman–Crippen LogP) is 2.15. The molecular weight excluding hydrogens is 292 g/mol. The maximum Gasteiger partial charge on any atom is 0.326 e. The SMILES string of the molecule is Cc1cc(C=C2NC(=O)NC2=O)c(C)n1-c1ccc(C#N)cc1. The zero-order chi connectivity index (χ0) is 16.6. The van der Waals surface area contributed by atoms with Crippen molar-refractivity contribution in [3.8, 4) is 11.8 Å². The van der Waals surface area contributed by atoms with Gasteiger partial charge >= 0.3 is 6.03 Å². The first kappa shape index (κ1) is 14.6. The van der Waals surface area contributed by atoms with Gasteiger partial charge in [0.1, 0.15) is 5.70 Å². The monoisotopic (exact) mass is 306 g/mol. The van der Waals surface area contributed by atoms with Gasteiger partial charge in [0.25, 0.3) is 5.91 Å². The number of aryl methyl sites for hydroxylation is 1. The summed E-state index contributed by atoms with van der Waals surface area (Å²) in [4.78, 5) is 22.8. The standard InChI is InChI=1S/C17H14N4O2/c1-10-7-13(8-15-16(22)20-17(23)19-15)11(2)21(10)14-5-3-12(9-18)4-6-14/h3-8H,1-2H3,(H2,19,20,22,23). The Labute approximate surface area is 133 Å². The maximum atomic E-state index is 11.6. The molecule has 0 bridgehead atoms. The van der Waals surface area contributed by atoms with Crippen LogP contribution in [-0.2, 0) is 4.79 Å². The van der Waals surface area contributed by atoms with Crippen LogP contribution in [0.1, 0.15) is 22.5 Å². The average Bonchev–Trinajstić information content (AvgIpc) is 2.99. The summed E-state index contributed by atoms with van der Waals surface area (Å²) in [5, 5.41) is 13.5. The van der Waals surface area contributed by atoms with Crippen LogP contribution in [0.4, 0.5) is 4.79 Å². The number of amides is 3. The lowest BCUT2D eigenvalue weighted by molar-refractivity contribution is -0.115. The molecular formula is C17H14N4O2. The number of hydrogen-bond donors (Lipinski definition) is 2. The largest absolute Gasteiger partial charge is 0.326 e. The topological polar surface area (TPSA) is 86.9 Å². The van der Waals surface area contributed by atoms with Crippen molar-refractivity contribution in [1.82, 2.24) is 15.2 Å². The van der Waals surface area contributed by atoms with Crippen LogP contribution in [0.2, 0.25) is 0 Å². The first-order valence-electron chi connectivity index (χ1n) is 7.03. The molecule has 1 fully saturated rings. The van der Waals surface area contributed by atoms with Gasteiger partial charge in [-0.2, -0.15) is 5.26 Å². The zero-order valence-electron chi connectivity index (χ0n) is 12.7. The highest BCUT2D eigenvalue weighted by Gasteiger charge is 2.23. The van der Waals surface area contributed by atoms with Gasteiger partial charge in [0, 0.05) is 17.1 Å². The molecule has 6 nitrogen and oxygen atoms in total. The fourth-order valence-corrected chi connectivity index (χ4v) is 2.65. The molecule has 1 aromatic carbocycles. The molecule has 2 heterocycles. The number of urea groups is 1. The average molecular weight is 306 g/mol. The van der Waals surface area contributed by atoms with Crippen LogP contribution >= 0.6 is 0 Å². The number of imide groups is 1. The molecule has 2 N–H and O–H groups in total. The zero-order valence-corrected chi connectivity index (χ0v) is 12.7. The van der Waals surface area contributed by atoms with Crippen molar-refractivity contribution in [2.75, 3.05) is 0 Å². The molecule has 1 aromatic heterocycles. The lowest BCUT2D eigenvalue weighted by Crippen LogP contribution is -2.22. The van der Waals surface area contributed by atoms with Crippen LogP contribution in [0.25, 0.3) is 11.8 Å². The molecule has 0 spiro atoms. The van der Waals surface area contributed by atoms with Crippen LogP contribution in [0.3, 0.4) is 0 Å². The highest BCUT2D eigenvalue weighted by Crippen LogP contribution is 2.23. The summed E-state index contributed by atoms with van der Waals surface area (Å²) in [7, 11) is 0. The Bertz CT molecular complexity index is 883. The number of aromatic nitrogens is 1. The molecule has 2 aromatic rings. The van der Waals surface area contributed by atoms with Crippen molar-refractivity contribution in [3.05, 3.63) is 58.5 Å². The molecule has 6 heteroatoms. The van der Waals surface area contributed by atoms with Crippen LogP contribution in [0, 0.1) is 25.2 Å². The molecule has 1 saturated heterocycles. The van der Waals surface area contributed by atoms with E-state index in [1.54, 1.807) is 18.2 Å². The molecule has 0 aliphatic carbocycles. The van der Waals surface area contributed by atoms with E-state index >= 15 is 0 Å². The van der Waals surface area contributed by atoms with Crippen molar-refractivity contribution < 1.29 is 9.59 Å². The van der Waals surface area contributed by atoms with Gasteiger partial charge in [-0.05, 0) is 55.8 Å². The summed E-state index contributed by atoms with van der Waals surface area (Å²) >= 11 is 0. The Morgan fingerprint density at radius 1 is 1.13 bits per heavy atom. The van der Waals surface area contributed by atoms with E-state index in [4.69, 9.17) is 5.26 Å². The van der Waals surface area contributed by atoms with Gasteiger partial charge in [-0.1, -0.05) is 0 Å². The van der Waals surface area contributed by atoms with Crippen molar-refractivity contribution in [2.24, 2.45) is 0 Å². The Balaban J connectivity index is 2.03. The van der Waals surface area contributed by atoms with E-state index in [1.165, 1.54) is 0 Å². The third-order valence-corrected chi connectivity index (χ3v) is 3.74. The minimum absolute atomic E-state index is 0.232. The molecule has 114 valence electrons. The molecule has 3 amide bonds. The fourth-order valence-electron chi connectivity index (χ4n) is 2.65. The first-order valence-corrected chi connectivity index (χ1v) is 7.03. The summed E-state index contributed by atoms with van der Waals surface area (Å²) in [6.07, 6.45) is 1.66. The number of benzene rings is 1. The number of nitriles is 1. The van der Waals surface area contributed by atoms with Crippen LogP contribution in [0.15, 0.2) is 36.0 Å². The normalized spacial score (nSPS) is 15.4. The molecule has 0 unspecified atom stereocenters. The number of carbonyl (C=O) groups excluding carboxylic acids is 2. The van der Waals surface area contributed by atoms with Crippen molar-refractivity contribution in [3.63, 3.8) is 0 Å². The molecule has 23 heavy (non-hydrogen) atoms. The van der Waals surface area contributed by atoms with Crippen LogP contribution in [-0.4, -0.2) is 16.5 Å². The third kappa shape index (κ3) is 2.60. The maximum absolute atomic E-state index is 11.6. The van der Waals surface area contributed by atoms with E-state index in [9.17, 15) is 9.59 Å². The summed E-state index contributed by atoms with van der Waals surface area (Å²) in [6, 6.07) is 10.8. The van der Waals surface area contributed by atoms with Gasteiger partial charge in [0.15, 0.2) is 0 Å². The van der Waals surface area contributed by atoms with E-state index in [-0.39, 0.29) is 5.70 Å². The molecule has 3 rings (SSSR count). The molecule has 0 saturated carbocycles. The van der Waals surface area contributed by atoms with E-state index < -0.39 is 11.9 Å². The Kier molecular flexibility index (Phi) is 3.47. The Morgan fingerprint density at radius 2 is 1.83 bits per heavy atom. The highest BCUT2D eigenvalue weighted by atomic mass is 16.2. The minimum atomic E-state index is -0.512. The fraction of sp³-hybridized carbons (Fsp3) is 0.118. The van der Waals surface area contributed by atoms with Crippen molar-refractivity contribution >= 4 is 18.0 Å². The summed E-state index contributed by atoms with van der Waals surface area (Å²) < 4.78 is 2.03. The lowest BCUT2D eigenvalue weighted by Gasteiger charge is -2.09. The second kappa shape index (κ2) is 5.46. The van der Waals surface area contributed by atoms with Crippen molar-refractivity contribution in [2.45, 2.75) is 13.8 Å². The number of carbonyl (C=O) groups is 2. The van der Waals surface area contributed by atoms with E-state index in [1.807, 2.05) is 36.6 Å². The van der Waals surface area contributed by atoms with Crippen molar-refractivity contribution in [1.29, 1.82) is 5.26 Å². The van der Waals surface area contributed by atoms with Gasteiger partial charge < -0.3 is 9.88 Å². The number of rotatable bonds is 2. The number of hydrogen-bond acceptors (Lipinski definition) is 3. The van der Waals surface area contributed by atoms with Crippen LogP contribution < -0.4 is 10.6 Å². The summed E-state index contributed by atoms with van der Waals surface area (Å²) in [5.74, 6) is -0.432. The Hall–Kier alpha value is -3.33. The predicted molar refractivity (Wildman–Crippen MR) is 84.6 cm³/mol. The third-order valence-electron chi connectivity index (χ3n) is 3.74. The second-order valence-corrected chi connectivity index (χ2v) is 5.29. The molecule has 1 aliphatic rings. The smallest absolute Gasteiger partial charge is 0.318 e. The second-order valence-electron chi connectivity index (χ2n) is 5.29. The van der Waals surface area contributed by atoms with E-state index in [2.05, 4.69) is 16.7 Å². The molecule has 1 aliphatic heterocycles. The number of nitrogens with zero attached hydrogens (tertiary/aromatic N) is 2. The van der Waals surface area contributed by atoms with E-state index in [0.717, 1.165) is 22.6 Å². The van der Waals surface area contributed by atoms with Crippen LogP contribution in [0.5, 0.6) is 0 Å². The minimum Gasteiger partial charge on any atom is -0.318 e. The molecule has 0 atom stereocenters. The summed E-state index contributed by atoms with van der Waals surface area (Å²) in [6.45, 7) is 3.90. The highest BCUT2D eigenvalue weighted by molar-refractivity contribution is 6.14. The summed E-state index contributed by atoms with van der Waals surface area (Å²) in [5.41, 5.74) is 4.54. The molecule has 0 radical (unpaired) electrons. The van der Waals surface area contributed by atoms with Gasteiger partial charge in [0.2, 0.25) is 0 Å². The van der Waals surface area contributed by atoms with Gasteiger partial charge in [-0.15, -0.1) is 0 Å². The van der Waals surface area contributed by atoms with E-state index in [0.29, 0.717) is 5.56 Å². The quantitative estimate of drug-likeness (QED) is 0.658. The van der Waals surface area contributed by atoms with Gasteiger partial charge in [-0.3, -0.25) is 10.1 Å². The van der Waals surface area contributed by atoms with Gasteiger partial charge in [-0.25, -0.2) is 4.79 Å². The first-order chi connectivity index (χ1) is 11.0. The lowest BCUT2D eigenvalue weighted by atomic mass is 10.2. The number of nitrogens with one attached hydrogen (secondary N) is 2. The van der Waals surface area contributed by atoms with Gasteiger partial charge in [0.05, 0.1) is 11.6 Å².